The molecule has 0 saturated carbocycles. The zero-order chi connectivity index (χ0) is 29.5. The summed E-state index contributed by atoms with van der Waals surface area (Å²) in [7, 11) is 0. The minimum absolute atomic E-state index is 0.0725. The first-order chi connectivity index (χ1) is 19.2. The third kappa shape index (κ3) is 10.0. The van der Waals surface area contributed by atoms with Crippen LogP contribution in [0.15, 0.2) is 79.9 Å². The van der Waals surface area contributed by atoms with Crippen molar-refractivity contribution in [3.8, 4) is 11.5 Å². The maximum Gasteiger partial charge on any atom is 0.333 e. The van der Waals surface area contributed by atoms with Crippen LogP contribution in [0.3, 0.4) is 0 Å². The van der Waals surface area contributed by atoms with Crippen LogP contribution in [0.1, 0.15) is 26.3 Å². The Kier molecular flexibility index (Phi) is 13.7. The Bertz CT molecular complexity index is 1200. The molecule has 0 heterocycles. The number of carbonyl (C=O) groups is 2. The molecular formula is C32H40O8. The standard InChI is InChI=1S/C32H40O8/c1-8-15-35-18-25(39-31(33)22(4)5)20-37-29-17-24(10-3)30(28-14-12-11-13-27(28)29)38-21-26(19-36-16-9-2)40-32(34)23(6)7/h8-9,11-14,17,25-26H,1-2,4,6,10,15-16,18-21H2,3,5,7H3. The Morgan fingerprint density at radius 2 is 1.30 bits per heavy atom. The number of aryl methyl sites for hydroxylation is 1. The zero-order valence-corrected chi connectivity index (χ0v) is 23.7. The summed E-state index contributed by atoms with van der Waals surface area (Å²) in [5.74, 6) is 0.237. The van der Waals surface area contributed by atoms with Crippen LogP contribution in [0, 0.1) is 0 Å². The summed E-state index contributed by atoms with van der Waals surface area (Å²) in [5, 5.41) is 1.64. The van der Waals surface area contributed by atoms with Crippen molar-refractivity contribution in [3.05, 3.63) is 85.5 Å². The van der Waals surface area contributed by atoms with E-state index in [0.717, 1.165) is 16.3 Å². The highest BCUT2D eigenvalue weighted by Crippen LogP contribution is 2.37. The lowest BCUT2D eigenvalue weighted by Gasteiger charge is -2.22. The lowest BCUT2D eigenvalue weighted by atomic mass is 10.0. The molecule has 40 heavy (non-hydrogen) atoms. The Labute approximate surface area is 236 Å². The quantitative estimate of drug-likeness (QED) is 0.0971. The van der Waals surface area contributed by atoms with Crippen molar-refractivity contribution >= 4 is 22.7 Å². The number of fused-ring (bicyclic) bond motifs is 1. The summed E-state index contributed by atoms with van der Waals surface area (Å²) in [6.45, 7) is 20.8. The monoisotopic (exact) mass is 552 g/mol. The van der Waals surface area contributed by atoms with Crippen LogP contribution in [0.4, 0.5) is 0 Å². The minimum atomic E-state index is -0.650. The van der Waals surface area contributed by atoms with Gasteiger partial charge >= 0.3 is 11.9 Å². The Morgan fingerprint density at radius 1 is 0.800 bits per heavy atom. The van der Waals surface area contributed by atoms with Gasteiger partial charge in [-0.2, -0.15) is 0 Å². The van der Waals surface area contributed by atoms with Crippen molar-refractivity contribution in [2.45, 2.75) is 39.4 Å². The molecule has 0 amide bonds. The molecule has 0 aromatic heterocycles. The first-order valence-corrected chi connectivity index (χ1v) is 13.1. The van der Waals surface area contributed by atoms with Gasteiger partial charge in [-0.3, -0.25) is 0 Å². The van der Waals surface area contributed by atoms with E-state index in [0.29, 0.717) is 31.1 Å². The Hall–Kier alpha value is -3.88. The van der Waals surface area contributed by atoms with Gasteiger partial charge in [0.25, 0.3) is 0 Å². The fraction of sp³-hybridized carbons (Fsp3) is 0.375. The van der Waals surface area contributed by atoms with Crippen molar-refractivity contribution in [1.82, 2.24) is 0 Å². The molecule has 0 radical (unpaired) electrons. The molecule has 0 aliphatic carbocycles. The molecule has 216 valence electrons. The van der Waals surface area contributed by atoms with Crippen molar-refractivity contribution in [2.75, 3.05) is 39.6 Å². The lowest BCUT2D eigenvalue weighted by Crippen LogP contribution is -2.30. The van der Waals surface area contributed by atoms with Crippen LogP contribution in [-0.2, 0) is 35.0 Å². The van der Waals surface area contributed by atoms with Crippen LogP contribution < -0.4 is 9.47 Å². The summed E-state index contributed by atoms with van der Waals surface area (Å²) in [5.41, 5.74) is 1.47. The zero-order valence-electron chi connectivity index (χ0n) is 23.7. The van der Waals surface area contributed by atoms with E-state index >= 15 is 0 Å². The van der Waals surface area contributed by atoms with Crippen LogP contribution >= 0.6 is 0 Å². The predicted octanol–water partition coefficient (Wildman–Crippen LogP) is 5.54. The largest absolute Gasteiger partial charge is 0.489 e. The van der Waals surface area contributed by atoms with E-state index in [-0.39, 0.29) is 37.6 Å². The summed E-state index contributed by atoms with van der Waals surface area (Å²) in [4.78, 5) is 24.3. The second-order valence-electron chi connectivity index (χ2n) is 9.15. The number of ether oxygens (including phenoxy) is 6. The average Bonchev–Trinajstić information content (AvgIpc) is 2.94. The normalized spacial score (nSPS) is 12.2. The third-order valence-corrected chi connectivity index (χ3v) is 5.58. The maximum atomic E-state index is 12.2. The molecule has 0 spiro atoms. The highest BCUT2D eigenvalue weighted by molar-refractivity contribution is 5.94. The van der Waals surface area contributed by atoms with Gasteiger partial charge in [0, 0.05) is 21.9 Å². The molecule has 8 heteroatoms. The molecule has 2 aromatic carbocycles. The summed E-state index contributed by atoms with van der Waals surface area (Å²) >= 11 is 0. The van der Waals surface area contributed by atoms with Gasteiger partial charge in [0.15, 0.2) is 12.2 Å². The minimum Gasteiger partial charge on any atom is -0.489 e. The van der Waals surface area contributed by atoms with Gasteiger partial charge < -0.3 is 28.4 Å². The van der Waals surface area contributed by atoms with Crippen molar-refractivity contribution in [3.63, 3.8) is 0 Å². The van der Waals surface area contributed by atoms with E-state index in [9.17, 15) is 9.59 Å². The van der Waals surface area contributed by atoms with Crippen molar-refractivity contribution < 1.29 is 38.0 Å². The smallest absolute Gasteiger partial charge is 0.333 e. The average molecular weight is 553 g/mol. The summed E-state index contributed by atoms with van der Waals surface area (Å²) < 4.78 is 34.5. The first kappa shape index (κ1) is 32.3. The van der Waals surface area contributed by atoms with Crippen LogP contribution in [-0.4, -0.2) is 63.8 Å². The summed E-state index contributed by atoms with van der Waals surface area (Å²) in [6.07, 6.45) is 2.59. The van der Waals surface area contributed by atoms with Crippen LogP contribution in [0.5, 0.6) is 11.5 Å². The molecular weight excluding hydrogens is 512 g/mol. The van der Waals surface area contributed by atoms with Gasteiger partial charge in [0.1, 0.15) is 24.7 Å². The van der Waals surface area contributed by atoms with Crippen molar-refractivity contribution in [1.29, 1.82) is 0 Å². The molecule has 0 aliphatic heterocycles. The third-order valence-electron chi connectivity index (χ3n) is 5.58. The molecule has 0 N–H and O–H groups in total. The van der Waals surface area contributed by atoms with Gasteiger partial charge in [-0.25, -0.2) is 9.59 Å². The fourth-order valence-electron chi connectivity index (χ4n) is 3.58. The van der Waals surface area contributed by atoms with E-state index < -0.39 is 24.1 Å². The lowest BCUT2D eigenvalue weighted by molar-refractivity contribution is -0.149. The SMILES string of the molecule is C=CCOCC(COc1cc(CC)c(OCC(COCC=C)OC(=O)C(=C)C)c2ccccc12)OC(=O)C(=C)C. The Balaban J connectivity index is 2.31. The topological polar surface area (TPSA) is 89.5 Å². The molecule has 2 unspecified atom stereocenters. The van der Waals surface area contributed by atoms with Gasteiger partial charge in [0.05, 0.1) is 26.4 Å². The van der Waals surface area contributed by atoms with Crippen LogP contribution in [0.25, 0.3) is 10.8 Å². The van der Waals surface area contributed by atoms with Crippen LogP contribution in [0.2, 0.25) is 0 Å². The number of hydrogen-bond donors (Lipinski definition) is 0. The number of rotatable bonds is 19. The molecule has 2 aromatic rings. The fourth-order valence-corrected chi connectivity index (χ4v) is 3.58. The molecule has 2 atom stereocenters. The van der Waals surface area contributed by atoms with E-state index in [2.05, 4.69) is 26.3 Å². The number of benzene rings is 2. The van der Waals surface area contributed by atoms with Crippen molar-refractivity contribution in [2.24, 2.45) is 0 Å². The number of hydrogen-bond acceptors (Lipinski definition) is 8. The molecule has 0 saturated heterocycles. The van der Waals surface area contributed by atoms with E-state index in [1.807, 2.05) is 37.3 Å². The second-order valence-corrected chi connectivity index (χ2v) is 9.15. The molecule has 2 rings (SSSR count). The second kappa shape index (κ2) is 16.9. The highest BCUT2D eigenvalue weighted by Gasteiger charge is 2.21. The van der Waals surface area contributed by atoms with E-state index in [4.69, 9.17) is 28.4 Å². The number of esters is 2. The molecule has 0 bridgehead atoms. The summed E-state index contributed by atoms with van der Waals surface area (Å²) in [6, 6.07) is 9.57. The Morgan fingerprint density at radius 3 is 1.77 bits per heavy atom. The predicted molar refractivity (Wildman–Crippen MR) is 156 cm³/mol. The number of carbonyl (C=O) groups excluding carboxylic acids is 2. The first-order valence-electron chi connectivity index (χ1n) is 13.1. The molecule has 0 fully saturated rings. The molecule has 8 nitrogen and oxygen atoms in total. The van der Waals surface area contributed by atoms with E-state index in [1.165, 1.54) is 0 Å². The van der Waals surface area contributed by atoms with E-state index in [1.54, 1.807) is 26.0 Å². The molecule has 0 aliphatic rings. The van der Waals surface area contributed by atoms with Gasteiger partial charge in [-0.05, 0) is 31.9 Å². The van der Waals surface area contributed by atoms with Gasteiger partial charge in [-0.1, -0.05) is 56.5 Å². The maximum absolute atomic E-state index is 12.2. The van der Waals surface area contributed by atoms with Gasteiger partial charge in [0.2, 0.25) is 0 Å². The highest BCUT2D eigenvalue weighted by atomic mass is 16.6. The van der Waals surface area contributed by atoms with Gasteiger partial charge in [-0.15, -0.1) is 13.2 Å².